The summed E-state index contributed by atoms with van der Waals surface area (Å²) in [6.45, 7) is 3.59. The van der Waals surface area contributed by atoms with Crippen molar-refractivity contribution in [1.29, 1.82) is 0 Å². The van der Waals surface area contributed by atoms with Gasteiger partial charge in [0.15, 0.2) is 5.78 Å². The number of aryl methyl sites for hydroxylation is 1. The first-order chi connectivity index (χ1) is 16.0. The number of ether oxygens (including phenoxy) is 1. The fourth-order valence-corrected chi connectivity index (χ4v) is 5.75. The van der Waals surface area contributed by atoms with Crippen molar-refractivity contribution < 1.29 is 14.3 Å². The number of allylic oxidation sites excluding steroid dienone is 1. The number of hydrogen-bond acceptors (Lipinski definition) is 5. The minimum absolute atomic E-state index is 0.0661. The largest absolute Gasteiger partial charge is 0.497 e. The Kier molecular flexibility index (Phi) is 5.54. The van der Waals surface area contributed by atoms with E-state index in [4.69, 9.17) is 4.74 Å². The van der Waals surface area contributed by atoms with Gasteiger partial charge in [-0.2, -0.15) is 0 Å². The van der Waals surface area contributed by atoms with Crippen LogP contribution in [-0.4, -0.2) is 18.8 Å². The Hall–Kier alpha value is -3.38. The lowest BCUT2D eigenvalue weighted by Gasteiger charge is -2.33. The zero-order chi connectivity index (χ0) is 23.1. The number of nitrogens with zero attached hydrogens (tertiary/aromatic N) is 1. The Morgan fingerprint density at radius 2 is 1.91 bits per heavy atom. The zero-order valence-corrected chi connectivity index (χ0v) is 19.7. The molecule has 0 bridgehead atoms. The van der Waals surface area contributed by atoms with Gasteiger partial charge in [0.25, 0.3) is 0 Å². The Morgan fingerprint density at radius 1 is 1.12 bits per heavy atom. The summed E-state index contributed by atoms with van der Waals surface area (Å²) in [4.78, 5) is 29.5. The van der Waals surface area contributed by atoms with E-state index < -0.39 is 6.04 Å². The highest BCUT2D eigenvalue weighted by Gasteiger charge is 2.41. The summed E-state index contributed by atoms with van der Waals surface area (Å²) in [6, 6.07) is 17.6. The molecule has 168 valence electrons. The highest BCUT2D eigenvalue weighted by molar-refractivity contribution is 7.10. The molecule has 0 radical (unpaired) electrons. The first-order valence-electron chi connectivity index (χ1n) is 11.1. The van der Waals surface area contributed by atoms with Crippen LogP contribution in [0.15, 0.2) is 71.2 Å². The summed E-state index contributed by atoms with van der Waals surface area (Å²) in [6.07, 6.45) is 1.12. The third-order valence-electron chi connectivity index (χ3n) is 6.48. The number of benzene rings is 2. The maximum absolute atomic E-state index is 13.7. The van der Waals surface area contributed by atoms with E-state index in [0.717, 1.165) is 38.8 Å². The van der Waals surface area contributed by atoms with Crippen LogP contribution in [0.5, 0.6) is 5.75 Å². The summed E-state index contributed by atoms with van der Waals surface area (Å²) in [5, 5.41) is 5.56. The third-order valence-corrected chi connectivity index (χ3v) is 7.40. The molecule has 5 rings (SSSR count). The molecule has 0 spiro atoms. The summed E-state index contributed by atoms with van der Waals surface area (Å²) in [7, 11) is 1.65. The van der Waals surface area contributed by atoms with Crippen molar-refractivity contribution in [2.75, 3.05) is 17.3 Å². The molecule has 1 aliphatic heterocycles. The van der Waals surface area contributed by atoms with E-state index in [1.807, 2.05) is 66.9 Å². The van der Waals surface area contributed by atoms with Gasteiger partial charge < -0.3 is 10.1 Å². The maximum Gasteiger partial charge on any atom is 0.224 e. The molecule has 0 saturated heterocycles. The number of anilines is 2. The number of methoxy groups -OCH3 is 1. The fourth-order valence-electron chi connectivity index (χ4n) is 4.92. The zero-order valence-electron chi connectivity index (χ0n) is 18.9. The lowest BCUT2D eigenvalue weighted by atomic mass is 9.79. The van der Waals surface area contributed by atoms with E-state index in [2.05, 4.69) is 5.32 Å². The lowest BCUT2D eigenvalue weighted by molar-refractivity contribution is -0.117. The van der Waals surface area contributed by atoms with Gasteiger partial charge in [-0.15, -0.1) is 11.3 Å². The summed E-state index contributed by atoms with van der Waals surface area (Å²) >= 11 is 1.58. The molecule has 0 unspecified atom stereocenters. The molecular weight excluding hydrogens is 432 g/mol. The molecule has 1 aromatic heterocycles. The Balaban J connectivity index is 1.66. The molecule has 0 fully saturated rings. The van der Waals surface area contributed by atoms with Gasteiger partial charge in [0.1, 0.15) is 11.8 Å². The maximum atomic E-state index is 13.7. The van der Waals surface area contributed by atoms with E-state index >= 15 is 0 Å². The molecule has 2 heterocycles. The third kappa shape index (κ3) is 3.85. The molecule has 1 aliphatic carbocycles. The topological polar surface area (TPSA) is 58.6 Å². The number of carbonyl (C=O) groups is 2. The number of nitrogens with one attached hydrogen (secondary N) is 1. The second-order valence-electron chi connectivity index (χ2n) is 8.65. The van der Waals surface area contributed by atoms with Crippen LogP contribution in [0, 0.1) is 6.92 Å². The van der Waals surface area contributed by atoms with Crippen molar-refractivity contribution in [3.8, 4) is 5.75 Å². The smallest absolute Gasteiger partial charge is 0.224 e. The standard InChI is InChI=1S/C27H26N2O3S/c1-16-6-11-21-23(13-16)29(17(2)30)27(25-5-4-12-33-25)26-22(28-21)14-19(15-24(26)31)18-7-9-20(32-3)10-8-18/h4-13,19,27-28H,14-15H2,1-3H3/t19-,27-/m0/s1. The van der Waals surface area contributed by atoms with Gasteiger partial charge in [-0.1, -0.05) is 24.3 Å². The number of thiophene rings is 1. The van der Waals surface area contributed by atoms with Crippen LogP contribution in [0.2, 0.25) is 0 Å². The highest BCUT2D eigenvalue weighted by atomic mass is 32.1. The predicted octanol–water partition coefficient (Wildman–Crippen LogP) is 5.99. The Labute approximate surface area is 197 Å². The van der Waals surface area contributed by atoms with E-state index in [1.165, 1.54) is 0 Å². The Bertz CT molecular complexity index is 1240. The molecule has 3 aromatic rings. The molecule has 1 N–H and O–H groups in total. The molecule has 2 aliphatic rings. The van der Waals surface area contributed by atoms with Gasteiger partial charge in [-0.25, -0.2) is 0 Å². The van der Waals surface area contributed by atoms with Crippen LogP contribution in [0.25, 0.3) is 0 Å². The molecule has 2 aromatic carbocycles. The van der Waals surface area contributed by atoms with Crippen LogP contribution >= 0.6 is 11.3 Å². The predicted molar refractivity (Wildman–Crippen MR) is 132 cm³/mol. The van der Waals surface area contributed by atoms with Crippen molar-refractivity contribution >= 4 is 34.4 Å². The van der Waals surface area contributed by atoms with Gasteiger partial charge in [-0.3, -0.25) is 14.5 Å². The van der Waals surface area contributed by atoms with Gasteiger partial charge in [0, 0.05) is 29.5 Å². The summed E-state index contributed by atoms with van der Waals surface area (Å²) in [5.41, 5.74) is 5.44. The quantitative estimate of drug-likeness (QED) is 0.524. The van der Waals surface area contributed by atoms with Crippen molar-refractivity contribution in [3.05, 3.63) is 87.3 Å². The van der Waals surface area contributed by atoms with Crippen LogP contribution < -0.4 is 15.0 Å². The van der Waals surface area contributed by atoms with Crippen molar-refractivity contribution in [3.63, 3.8) is 0 Å². The number of hydrogen-bond donors (Lipinski definition) is 1. The van der Waals surface area contributed by atoms with Crippen molar-refractivity contribution in [2.24, 2.45) is 0 Å². The van der Waals surface area contributed by atoms with Crippen LogP contribution in [-0.2, 0) is 9.59 Å². The first kappa shape index (κ1) is 21.5. The number of ketones is 1. The minimum Gasteiger partial charge on any atom is -0.497 e. The van der Waals surface area contributed by atoms with E-state index in [1.54, 1.807) is 30.3 Å². The molecule has 2 atom stereocenters. The average molecular weight is 459 g/mol. The number of amides is 1. The van der Waals surface area contributed by atoms with Crippen LogP contribution in [0.1, 0.15) is 47.7 Å². The summed E-state index contributed by atoms with van der Waals surface area (Å²) in [5.74, 6) is 0.864. The fraction of sp³-hybridized carbons (Fsp3) is 0.259. The summed E-state index contributed by atoms with van der Waals surface area (Å²) < 4.78 is 5.29. The van der Waals surface area contributed by atoms with E-state index in [-0.39, 0.29) is 17.6 Å². The number of rotatable bonds is 3. The highest BCUT2D eigenvalue weighted by Crippen LogP contribution is 2.48. The molecule has 6 heteroatoms. The van der Waals surface area contributed by atoms with Crippen LogP contribution in [0.3, 0.4) is 0 Å². The normalized spacial score (nSPS) is 20.0. The number of Topliss-reactive ketones (excluding diaryl/α,β-unsaturated/α-hetero) is 1. The number of fused-ring (bicyclic) bond motifs is 1. The SMILES string of the molecule is COc1ccc([C@@H]2CC(=O)C3=C(C2)Nc2ccc(C)cc2N(C(C)=O)[C@H]3c2cccs2)cc1. The average Bonchev–Trinajstić information content (AvgIpc) is 3.29. The molecule has 1 amide bonds. The van der Waals surface area contributed by atoms with E-state index in [9.17, 15) is 9.59 Å². The lowest BCUT2D eigenvalue weighted by Crippen LogP contribution is -2.36. The van der Waals surface area contributed by atoms with Crippen LogP contribution in [0.4, 0.5) is 11.4 Å². The Morgan fingerprint density at radius 3 is 2.58 bits per heavy atom. The second-order valence-corrected chi connectivity index (χ2v) is 9.63. The monoisotopic (exact) mass is 458 g/mol. The number of carbonyl (C=O) groups excluding carboxylic acids is 2. The van der Waals surface area contributed by atoms with E-state index in [0.29, 0.717) is 18.4 Å². The molecule has 33 heavy (non-hydrogen) atoms. The van der Waals surface area contributed by atoms with Crippen molar-refractivity contribution in [2.45, 2.75) is 38.6 Å². The van der Waals surface area contributed by atoms with Gasteiger partial charge in [0.2, 0.25) is 5.91 Å². The first-order valence-corrected chi connectivity index (χ1v) is 11.9. The molecule has 5 nitrogen and oxygen atoms in total. The van der Waals surface area contributed by atoms with Crippen molar-refractivity contribution in [1.82, 2.24) is 0 Å². The van der Waals surface area contributed by atoms with Gasteiger partial charge in [-0.05, 0) is 66.1 Å². The minimum atomic E-state index is -0.433. The van der Waals surface area contributed by atoms with Gasteiger partial charge >= 0.3 is 0 Å². The second kappa shape index (κ2) is 8.52. The molecular formula is C27H26N2O3S. The van der Waals surface area contributed by atoms with Gasteiger partial charge in [0.05, 0.1) is 18.5 Å². The molecule has 0 saturated carbocycles.